The van der Waals surface area contributed by atoms with E-state index < -0.39 is 5.54 Å². The Morgan fingerprint density at radius 3 is 2.46 bits per heavy atom. The second kappa shape index (κ2) is 10.5. The number of benzene rings is 2. The topological polar surface area (TPSA) is 86.0 Å². The predicted octanol–water partition coefficient (Wildman–Crippen LogP) is 3.87. The normalized spacial score (nSPS) is 24.5. The summed E-state index contributed by atoms with van der Waals surface area (Å²) in [5.41, 5.74) is 7.83. The molecule has 4 N–H and O–H groups in total. The molecule has 7 nitrogen and oxygen atoms in total. The number of piperidine rings is 1. The van der Waals surface area contributed by atoms with Crippen molar-refractivity contribution in [3.8, 4) is 0 Å². The lowest BCUT2D eigenvalue weighted by molar-refractivity contribution is -0.124. The highest BCUT2D eigenvalue weighted by molar-refractivity contribution is 7.98. The molecule has 8 heteroatoms. The SMILES string of the molecule is CSc1ccccc1NC(=NC1CCC(N)CC1)N1CCC2(CC1)C(=O)NCN2c1ccccc1. The van der Waals surface area contributed by atoms with Crippen LogP contribution in [-0.4, -0.2) is 60.4 Å². The predicted molar refractivity (Wildman–Crippen MR) is 145 cm³/mol. The molecule has 2 aromatic rings. The number of hydrogen-bond acceptors (Lipinski definition) is 5. The second-order valence-corrected chi connectivity index (χ2v) is 10.6. The van der Waals surface area contributed by atoms with Crippen LogP contribution in [0, 0.1) is 0 Å². The van der Waals surface area contributed by atoms with Gasteiger partial charge in [-0.3, -0.25) is 4.79 Å². The molecule has 0 bridgehead atoms. The van der Waals surface area contributed by atoms with Crippen molar-refractivity contribution in [1.82, 2.24) is 10.2 Å². The number of thioether (sulfide) groups is 1. The fraction of sp³-hybridized carbons (Fsp3) is 0.481. The number of anilines is 2. The summed E-state index contributed by atoms with van der Waals surface area (Å²) < 4.78 is 0. The van der Waals surface area contributed by atoms with Crippen LogP contribution in [0.1, 0.15) is 38.5 Å². The van der Waals surface area contributed by atoms with Gasteiger partial charge in [0.05, 0.1) is 18.4 Å². The van der Waals surface area contributed by atoms with E-state index >= 15 is 0 Å². The van der Waals surface area contributed by atoms with Crippen LogP contribution in [0.25, 0.3) is 0 Å². The van der Waals surface area contributed by atoms with E-state index in [1.165, 1.54) is 4.90 Å². The Morgan fingerprint density at radius 2 is 1.74 bits per heavy atom. The fourth-order valence-corrected chi connectivity index (χ4v) is 6.14. The van der Waals surface area contributed by atoms with Crippen molar-refractivity contribution in [2.45, 2.75) is 61.0 Å². The number of guanidine groups is 1. The molecule has 1 amide bonds. The number of amides is 1. The molecule has 1 saturated carbocycles. The van der Waals surface area contributed by atoms with E-state index in [2.05, 4.69) is 63.1 Å². The van der Waals surface area contributed by atoms with Crippen molar-refractivity contribution in [3.63, 3.8) is 0 Å². The molecule has 0 aromatic heterocycles. The monoisotopic (exact) mass is 492 g/mol. The Labute approximate surface area is 212 Å². The largest absolute Gasteiger partial charge is 0.342 e. The summed E-state index contributed by atoms with van der Waals surface area (Å²) in [5, 5.41) is 6.77. The van der Waals surface area contributed by atoms with Crippen LogP contribution < -0.4 is 21.3 Å². The smallest absolute Gasteiger partial charge is 0.247 e. The van der Waals surface area contributed by atoms with Gasteiger partial charge in [-0.1, -0.05) is 30.3 Å². The van der Waals surface area contributed by atoms with E-state index in [0.717, 1.165) is 68.9 Å². The zero-order valence-electron chi connectivity index (χ0n) is 20.5. The number of carbonyl (C=O) groups is 1. The van der Waals surface area contributed by atoms with Gasteiger partial charge in [0.1, 0.15) is 5.54 Å². The molecule has 1 aliphatic carbocycles. The molecule has 5 rings (SSSR count). The Kier molecular flexibility index (Phi) is 7.20. The summed E-state index contributed by atoms with van der Waals surface area (Å²) in [7, 11) is 0. The fourth-order valence-electron chi connectivity index (χ4n) is 5.59. The van der Waals surface area contributed by atoms with Crippen LogP contribution in [0.2, 0.25) is 0 Å². The minimum atomic E-state index is -0.502. The molecule has 186 valence electrons. The van der Waals surface area contributed by atoms with Gasteiger partial charge in [0.15, 0.2) is 5.96 Å². The molecule has 0 unspecified atom stereocenters. The van der Waals surface area contributed by atoms with Crippen molar-refractivity contribution in [3.05, 3.63) is 54.6 Å². The number of rotatable bonds is 4. The zero-order valence-corrected chi connectivity index (χ0v) is 21.3. The number of nitrogens with two attached hydrogens (primary N) is 1. The average Bonchev–Trinajstić information content (AvgIpc) is 3.21. The molecule has 3 aliphatic rings. The zero-order chi connectivity index (χ0) is 24.3. The minimum Gasteiger partial charge on any atom is -0.342 e. The summed E-state index contributed by atoms with van der Waals surface area (Å²) in [6.07, 6.45) is 7.72. The highest BCUT2D eigenvalue weighted by atomic mass is 32.2. The van der Waals surface area contributed by atoms with Gasteiger partial charge in [0, 0.05) is 29.7 Å². The van der Waals surface area contributed by atoms with Crippen LogP contribution >= 0.6 is 11.8 Å². The molecule has 0 radical (unpaired) electrons. The van der Waals surface area contributed by atoms with E-state index in [0.29, 0.717) is 12.7 Å². The van der Waals surface area contributed by atoms with Gasteiger partial charge >= 0.3 is 0 Å². The Hall–Kier alpha value is -2.71. The Morgan fingerprint density at radius 1 is 1.06 bits per heavy atom. The summed E-state index contributed by atoms with van der Waals surface area (Å²) in [6, 6.07) is 19.2. The van der Waals surface area contributed by atoms with Gasteiger partial charge in [-0.2, -0.15) is 0 Å². The average molecular weight is 493 g/mol. The van der Waals surface area contributed by atoms with Gasteiger partial charge in [-0.25, -0.2) is 4.99 Å². The number of para-hydroxylation sites is 2. The maximum Gasteiger partial charge on any atom is 0.247 e. The summed E-state index contributed by atoms with van der Waals surface area (Å²) in [6.45, 7) is 2.11. The molecule has 35 heavy (non-hydrogen) atoms. The van der Waals surface area contributed by atoms with E-state index in [4.69, 9.17) is 10.7 Å². The number of hydrogen-bond donors (Lipinski definition) is 3. The first kappa shape index (κ1) is 24.0. The van der Waals surface area contributed by atoms with Crippen LogP contribution in [-0.2, 0) is 4.79 Å². The van der Waals surface area contributed by atoms with Gasteiger partial charge < -0.3 is 26.2 Å². The number of likely N-dealkylation sites (tertiary alicyclic amines) is 1. The molecule has 1 spiro atoms. The lowest BCUT2D eigenvalue weighted by Crippen LogP contribution is -2.58. The minimum absolute atomic E-state index is 0.140. The van der Waals surface area contributed by atoms with Crippen molar-refractivity contribution in [1.29, 1.82) is 0 Å². The summed E-state index contributed by atoms with van der Waals surface area (Å²) >= 11 is 1.73. The molecular formula is C27H36N6OS. The number of aliphatic imine (C=N–C) groups is 1. The van der Waals surface area contributed by atoms with Crippen molar-refractivity contribution < 1.29 is 4.79 Å². The van der Waals surface area contributed by atoms with Crippen LogP contribution in [0.5, 0.6) is 0 Å². The second-order valence-electron chi connectivity index (χ2n) is 9.79. The first-order valence-corrected chi connectivity index (χ1v) is 13.9. The molecule has 2 heterocycles. The van der Waals surface area contributed by atoms with Gasteiger partial charge in [-0.05, 0) is 69.0 Å². The first-order valence-electron chi connectivity index (χ1n) is 12.7. The molecule has 2 aliphatic heterocycles. The van der Waals surface area contributed by atoms with E-state index in [9.17, 15) is 4.79 Å². The van der Waals surface area contributed by atoms with E-state index in [1.807, 2.05) is 18.2 Å². The highest BCUT2D eigenvalue weighted by Gasteiger charge is 2.50. The van der Waals surface area contributed by atoms with Gasteiger partial charge in [0.25, 0.3) is 0 Å². The van der Waals surface area contributed by atoms with Gasteiger partial charge in [0.2, 0.25) is 5.91 Å². The maximum atomic E-state index is 13.1. The molecule has 3 fully saturated rings. The number of carbonyl (C=O) groups excluding carboxylic acids is 1. The lowest BCUT2D eigenvalue weighted by atomic mass is 9.85. The molecule has 2 saturated heterocycles. The van der Waals surface area contributed by atoms with Crippen LogP contribution in [0.15, 0.2) is 64.5 Å². The standard InChI is InChI=1S/C27H36N6OS/c1-35-24-10-6-5-9-23(24)31-26(30-21-13-11-20(28)12-14-21)32-17-15-27(16-18-32)25(34)29-19-33(27)22-7-3-2-4-8-22/h2-10,20-21H,11-19,28H2,1H3,(H,29,34)(H,30,31). The Bertz CT molecular complexity index is 1040. The van der Waals surface area contributed by atoms with Crippen molar-refractivity contribution >= 4 is 35.0 Å². The number of nitrogens with one attached hydrogen (secondary N) is 2. The van der Waals surface area contributed by atoms with E-state index in [-0.39, 0.29) is 11.9 Å². The van der Waals surface area contributed by atoms with Crippen molar-refractivity contribution in [2.24, 2.45) is 10.7 Å². The molecule has 2 aromatic carbocycles. The third-order valence-electron chi connectivity index (χ3n) is 7.69. The maximum absolute atomic E-state index is 13.1. The Balaban J connectivity index is 1.37. The van der Waals surface area contributed by atoms with Crippen molar-refractivity contribution in [2.75, 3.05) is 36.2 Å². The summed E-state index contributed by atoms with van der Waals surface area (Å²) in [5.74, 6) is 1.06. The molecule has 0 atom stereocenters. The first-order chi connectivity index (χ1) is 17.1. The van der Waals surface area contributed by atoms with E-state index in [1.54, 1.807) is 11.8 Å². The summed E-state index contributed by atoms with van der Waals surface area (Å²) in [4.78, 5) is 24.1. The quantitative estimate of drug-likeness (QED) is 0.341. The lowest BCUT2D eigenvalue weighted by Gasteiger charge is -2.44. The van der Waals surface area contributed by atoms with Crippen LogP contribution in [0.4, 0.5) is 11.4 Å². The highest BCUT2D eigenvalue weighted by Crippen LogP contribution is 2.36. The third kappa shape index (κ3) is 5.00. The van der Waals surface area contributed by atoms with Crippen LogP contribution in [0.3, 0.4) is 0 Å². The molecular weight excluding hydrogens is 456 g/mol. The van der Waals surface area contributed by atoms with Gasteiger partial charge in [-0.15, -0.1) is 11.8 Å². The third-order valence-corrected chi connectivity index (χ3v) is 8.49. The number of nitrogens with zero attached hydrogens (tertiary/aromatic N) is 3.